The standard InChI is InChI=1S/C13H20N2O2/c1-10(2)17-13-8-11(9-14-15(3)4)6-7-12(13)16-5/h6-10H,1-5H3/b14-9+. The highest BCUT2D eigenvalue weighted by atomic mass is 16.5. The van der Waals surface area contributed by atoms with E-state index in [2.05, 4.69) is 5.10 Å². The largest absolute Gasteiger partial charge is 0.493 e. The van der Waals surface area contributed by atoms with Crippen LogP contribution in [0.5, 0.6) is 11.5 Å². The monoisotopic (exact) mass is 236 g/mol. The minimum absolute atomic E-state index is 0.116. The first-order chi connectivity index (χ1) is 8.02. The van der Waals surface area contributed by atoms with Crippen LogP contribution < -0.4 is 9.47 Å². The third-order valence-electron chi connectivity index (χ3n) is 1.99. The van der Waals surface area contributed by atoms with E-state index < -0.39 is 0 Å². The fourth-order valence-electron chi connectivity index (χ4n) is 1.30. The molecule has 1 aromatic rings. The molecule has 4 nitrogen and oxygen atoms in total. The van der Waals surface area contributed by atoms with Crippen LogP contribution in [0.15, 0.2) is 23.3 Å². The second kappa shape index (κ2) is 6.13. The Kier molecular flexibility index (Phi) is 4.82. The fourth-order valence-corrected chi connectivity index (χ4v) is 1.30. The molecule has 0 aliphatic carbocycles. The number of hydrogen-bond acceptors (Lipinski definition) is 4. The summed E-state index contributed by atoms with van der Waals surface area (Å²) in [6, 6.07) is 5.75. The van der Waals surface area contributed by atoms with Gasteiger partial charge in [0.2, 0.25) is 0 Å². The van der Waals surface area contributed by atoms with Gasteiger partial charge in [-0.2, -0.15) is 5.10 Å². The minimum Gasteiger partial charge on any atom is -0.493 e. The number of methoxy groups -OCH3 is 1. The van der Waals surface area contributed by atoms with Crippen molar-refractivity contribution in [2.75, 3.05) is 21.2 Å². The summed E-state index contributed by atoms with van der Waals surface area (Å²) in [6.07, 6.45) is 1.90. The van der Waals surface area contributed by atoms with Gasteiger partial charge in [-0.15, -0.1) is 0 Å². The van der Waals surface area contributed by atoms with Crippen LogP contribution in [0.3, 0.4) is 0 Å². The van der Waals surface area contributed by atoms with Gasteiger partial charge < -0.3 is 14.5 Å². The Balaban J connectivity index is 2.96. The summed E-state index contributed by atoms with van der Waals surface area (Å²) >= 11 is 0. The second-order valence-electron chi connectivity index (χ2n) is 4.17. The van der Waals surface area contributed by atoms with Crippen molar-refractivity contribution in [2.45, 2.75) is 20.0 Å². The Bertz CT molecular complexity index is 387. The lowest BCUT2D eigenvalue weighted by atomic mass is 10.2. The molecule has 0 aliphatic rings. The molecule has 17 heavy (non-hydrogen) atoms. The summed E-state index contributed by atoms with van der Waals surface area (Å²) in [5.74, 6) is 1.48. The molecule has 0 aromatic heterocycles. The normalized spacial score (nSPS) is 10.9. The second-order valence-corrected chi connectivity index (χ2v) is 4.17. The molecule has 0 aliphatic heterocycles. The van der Waals surface area contributed by atoms with Gasteiger partial charge in [0.15, 0.2) is 11.5 Å². The Morgan fingerprint density at radius 1 is 1.24 bits per heavy atom. The highest BCUT2D eigenvalue weighted by molar-refractivity contribution is 5.80. The van der Waals surface area contributed by atoms with Crippen LogP contribution in [0, 0.1) is 0 Å². The Hall–Kier alpha value is -1.71. The Morgan fingerprint density at radius 2 is 1.94 bits per heavy atom. The summed E-state index contributed by atoms with van der Waals surface area (Å²) in [5, 5.41) is 5.93. The zero-order chi connectivity index (χ0) is 12.8. The van der Waals surface area contributed by atoms with Gasteiger partial charge in [0.25, 0.3) is 0 Å². The van der Waals surface area contributed by atoms with Crippen molar-refractivity contribution >= 4 is 6.21 Å². The van der Waals surface area contributed by atoms with E-state index >= 15 is 0 Å². The van der Waals surface area contributed by atoms with Crippen molar-refractivity contribution in [2.24, 2.45) is 5.10 Å². The quantitative estimate of drug-likeness (QED) is 0.581. The van der Waals surface area contributed by atoms with Crippen molar-refractivity contribution in [3.05, 3.63) is 23.8 Å². The average Bonchev–Trinajstić information content (AvgIpc) is 2.25. The molecule has 0 radical (unpaired) electrons. The highest BCUT2D eigenvalue weighted by Crippen LogP contribution is 2.28. The van der Waals surface area contributed by atoms with Crippen LogP contribution in [-0.4, -0.2) is 38.5 Å². The number of hydrogen-bond donors (Lipinski definition) is 0. The molecule has 0 heterocycles. The lowest BCUT2D eigenvalue weighted by molar-refractivity contribution is 0.230. The van der Waals surface area contributed by atoms with E-state index in [1.165, 1.54) is 0 Å². The van der Waals surface area contributed by atoms with Crippen molar-refractivity contribution in [1.29, 1.82) is 0 Å². The molecule has 0 N–H and O–H groups in total. The van der Waals surface area contributed by atoms with E-state index in [0.717, 1.165) is 17.1 Å². The first-order valence-electron chi connectivity index (χ1n) is 5.59. The molecule has 0 fully saturated rings. The number of benzene rings is 1. The predicted octanol–water partition coefficient (Wildman–Crippen LogP) is 2.38. The predicted molar refractivity (Wildman–Crippen MR) is 70.0 cm³/mol. The zero-order valence-corrected chi connectivity index (χ0v) is 11.1. The highest BCUT2D eigenvalue weighted by Gasteiger charge is 2.06. The summed E-state index contributed by atoms with van der Waals surface area (Å²) in [5.41, 5.74) is 0.982. The Labute approximate surface area is 103 Å². The molecule has 1 rings (SSSR count). The van der Waals surface area contributed by atoms with E-state index in [-0.39, 0.29) is 6.10 Å². The molecule has 0 atom stereocenters. The minimum atomic E-state index is 0.116. The smallest absolute Gasteiger partial charge is 0.162 e. The van der Waals surface area contributed by atoms with Gasteiger partial charge in [-0.3, -0.25) is 0 Å². The number of nitrogens with zero attached hydrogens (tertiary/aromatic N) is 2. The summed E-state index contributed by atoms with van der Waals surface area (Å²) in [6.45, 7) is 3.97. The molecule has 0 spiro atoms. The lowest BCUT2D eigenvalue weighted by Crippen LogP contribution is -2.07. The molecular formula is C13H20N2O2. The fraction of sp³-hybridized carbons (Fsp3) is 0.462. The van der Waals surface area contributed by atoms with Crippen LogP contribution in [0.25, 0.3) is 0 Å². The van der Waals surface area contributed by atoms with Gasteiger partial charge in [-0.05, 0) is 37.6 Å². The molecule has 0 saturated carbocycles. The zero-order valence-electron chi connectivity index (χ0n) is 11.1. The van der Waals surface area contributed by atoms with Crippen LogP contribution >= 0.6 is 0 Å². The molecule has 4 heteroatoms. The van der Waals surface area contributed by atoms with Crippen molar-refractivity contribution in [1.82, 2.24) is 5.01 Å². The number of ether oxygens (including phenoxy) is 2. The van der Waals surface area contributed by atoms with E-state index in [1.807, 2.05) is 46.1 Å². The van der Waals surface area contributed by atoms with Gasteiger partial charge in [0, 0.05) is 14.1 Å². The maximum absolute atomic E-state index is 5.68. The van der Waals surface area contributed by atoms with E-state index in [4.69, 9.17) is 9.47 Å². The van der Waals surface area contributed by atoms with Crippen LogP contribution in [0.2, 0.25) is 0 Å². The van der Waals surface area contributed by atoms with Crippen LogP contribution in [0.1, 0.15) is 19.4 Å². The molecule has 0 unspecified atom stereocenters. The first-order valence-corrected chi connectivity index (χ1v) is 5.59. The molecule has 0 amide bonds. The lowest BCUT2D eigenvalue weighted by Gasteiger charge is -2.14. The molecular weight excluding hydrogens is 216 g/mol. The van der Waals surface area contributed by atoms with Gasteiger partial charge >= 0.3 is 0 Å². The number of rotatable bonds is 5. The van der Waals surface area contributed by atoms with Crippen molar-refractivity contribution in [3.63, 3.8) is 0 Å². The SMILES string of the molecule is COc1ccc(/C=N/N(C)C)cc1OC(C)C. The van der Waals surface area contributed by atoms with Crippen LogP contribution in [0.4, 0.5) is 0 Å². The maximum Gasteiger partial charge on any atom is 0.162 e. The van der Waals surface area contributed by atoms with E-state index in [9.17, 15) is 0 Å². The first kappa shape index (κ1) is 13.4. The van der Waals surface area contributed by atoms with Crippen molar-refractivity contribution < 1.29 is 9.47 Å². The third kappa shape index (κ3) is 4.34. The summed E-state index contributed by atoms with van der Waals surface area (Å²) < 4.78 is 10.9. The van der Waals surface area contributed by atoms with Gasteiger partial charge in [-0.1, -0.05) is 0 Å². The van der Waals surface area contributed by atoms with Gasteiger partial charge in [-0.25, -0.2) is 0 Å². The van der Waals surface area contributed by atoms with Crippen LogP contribution in [-0.2, 0) is 0 Å². The molecule has 94 valence electrons. The van der Waals surface area contributed by atoms with Gasteiger partial charge in [0.05, 0.1) is 19.4 Å². The topological polar surface area (TPSA) is 34.1 Å². The summed E-state index contributed by atoms with van der Waals surface area (Å²) in [4.78, 5) is 0. The molecule has 0 saturated heterocycles. The van der Waals surface area contributed by atoms with E-state index in [1.54, 1.807) is 18.3 Å². The average molecular weight is 236 g/mol. The summed E-state index contributed by atoms with van der Waals surface area (Å²) in [7, 11) is 5.40. The maximum atomic E-state index is 5.68. The van der Waals surface area contributed by atoms with E-state index in [0.29, 0.717) is 0 Å². The Morgan fingerprint density at radius 3 is 2.47 bits per heavy atom. The number of hydrazone groups is 1. The van der Waals surface area contributed by atoms with Gasteiger partial charge in [0.1, 0.15) is 0 Å². The third-order valence-corrected chi connectivity index (χ3v) is 1.99. The molecule has 1 aromatic carbocycles. The van der Waals surface area contributed by atoms with Crippen molar-refractivity contribution in [3.8, 4) is 11.5 Å². The molecule has 0 bridgehead atoms.